The molecule has 0 aromatic heterocycles. The highest BCUT2D eigenvalue weighted by atomic mass is 14.0. The maximum absolute atomic E-state index is 4.13. The fourth-order valence-corrected chi connectivity index (χ4v) is 1.59. The second kappa shape index (κ2) is 6.23. The molecule has 0 aliphatic rings. The molecular formula is C15H20. The molecule has 0 aliphatic heterocycles. The molecule has 0 fully saturated rings. The van der Waals surface area contributed by atoms with Gasteiger partial charge in [0, 0.05) is 0 Å². The van der Waals surface area contributed by atoms with E-state index in [4.69, 9.17) is 0 Å². The molecule has 0 saturated heterocycles. The van der Waals surface area contributed by atoms with Crippen molar-refractivity contribution in [3.8, 4) is 0 Å². The van der Waals surface area contributed by atoms with Crippen LogP contribution < -0.4 is 0 Å². The lowest BCUT2D eigenvalue weighted by molar-refractivity contribution is 0.736. The van der Waals surface area contributed by atoms with Crippen LogP contribution in [0.3, 0.4) is 0 Å². The molecule has 1 rings (SSSR count). The minimum absolute atomic E-state index is 1.11. The Hall–Kier alpha value is -1.30. The predicted molar refractivity (Wildman–Crippen MR) is 69.7 cm³/mol. The highest BCUT2D eigenvalue weighted by Gasteiger charge is 1.98. The third kappa shape index (κ3) is 3.75. The van der Waals surface area contributed by atoms with Crippen molar-refractivity contribution in [1.29, 1.82) is 0 Å². The largest absolute Gasteiger partial charge is 0.0985 e. The average molecular weight is 200 g/mol. The Morgan fingerprint density at radius 2 is 1.87 bits per heavy atom. The highest BCUT2D eigenvalue weighted by Crippen LogP contribution is 2.19. The molecule has 0 amide bonds. The van der Waals surface area contributed by atoms with E-state index in [-0.39, 0.29) is 0 Å². The van der Waals surface area contributed by atoms with Crippen LogP contribution in [0.25, 0.3) is 11.6 Å². The summed E-state index contributed by atoms with van der Waals surface area (Å²) in [5, 5.41) is 0. The Bertz CT molecular complexity index is 316. The van der Waals surface area contributed by atoms with Crippen LogP contribution in [-0.2, 0) is 0 Å². The highest BCUT2D eigenvalue weighted by molar-refractivity contribution is 5.64. The van der Waals surface area contributed by atoms with Crippen molar-refractivity contribution >= 4 is 11.6 Å². The molecule has 0 radical (unpaired) electrons. The summed E-state index contributed by atoms with van der Waals surface area (Å²) in [5.74, 6) is 0. The summed E-state index contributed by atoms with van der Waals surface area (Å²) in [6.07, 6.45) is 6.79. The summed E-state index contributed by atoms with van der Waals surface area (Å²) in [7, 11) is 0. The first-order valence-electron chi connectivity index (χ1n) is 5.68. The van der Waals surface area contributed by atoms with E-state index in [2.05, 4.69) is 44.3 Å². The summed E-state index contributed by atoms with van der Waals surface area (Å²) in [6, 6.07) is 8.44. The molecule has 80 valence electrons. The van der Waals surface area contributed by atoms with Crippen molar-refractivity contribution < 1.29 is 0 Å². The van der Waals surface area contributed by atoms with E-state index >= 15 is 0 Å². The van der Waals surface area contributed by atoms with Gasteiger partial charge in [-0.1, -0.05) is 63.3 Å². The van der Waals surface area contributed by atoms with Gasteiger partial charge in [0.2, 0.25) is 0 Å². The summed E-state index contributed by atoms with van der Waals surface area (Å²) in [5.41, 5.74) is 3.68. The lowest BCUT2D eigenvalue weighted by Gasteiger charge is -2.05. The van der Waals surface area contributed by atoms with Gasteiger partial charge in [-0.3, -0.25) is 0 Å². The van der Waals surface area contributed by atoms with Gasteiger partial charge in [0.05, 0.1) is 0 Å². The zero-order valence-corrected chi connectivity index (χ0v) is 9.63. The molecule has 1 aromatic carbocycles. The molecular weight excluding hydrogens is 180 g/mol. The monoisotopic (exact) mass is 200 g/mol. The van der Waals surface area contributed by atoms with Crippen LogP contribution >= 0.6 is 0 Å². The number of allylic oxidation sites excluding steroid dienone is 1. The normalized spacial score (nSPS) is 9.93. The number of benzene rings is 1. The van der Waals surface area contributed by atoms with Crippen molar-refractivity contribution in [3.63, 3.8) is 0 Å². The fourth-order valence-electron chi connectivity index (χ4n) is 1.59. The topological polar surface area (TPSA) is 0 Å². The van der Waals surface area contributed by atoms with E-state index in [1.54, 1.807) is 0 Å². The van der Waals surface area contributed by atoms with Crippen molar-refractivity contribution in [2.45, 2.75) is 32.6 Å². The Labute approximate surface area is 93.3 Å². The minimum Gasteiger partial charge on any atom is -0.0985 e. The van der Waals surface area contributed by atoms with E-state index in [0.717, 1.165) is 6.42 Å². The minimum atomic E-state index is 1.11. The molecule has 0 atom stereocenters. The summed E-state index contributed by atoms with van der Waals surface area (Å²) in [6.45, 7) is 10.1. The molecule has 0 heteroatoms. The SMILES string of the molecule is C=Cc1ccc(C(=C)CCCCC)cc1. The average Bonchev–Trinajstić information content (AvgIpc) is 2.29. The quantitative estimate of drug-likeness (QED) is 0.571. The number of unbranched alkanes of at least 4 members (excludes halogenated alkanes) is 2. The van der Waals surface area contributed by atoms with E-state index in [1.807, 2.05) is 6.08 Å². The predicted octanol–water partition coefficient (Wildman–Crippen LogP) is 4.92. The number of rotatable bonds is 6. The van der Waals surface area contributed by atoms with Gasteiger partial charge in [-0.05, 0) is 29.5 Å². The van der Waals surface area contributed by atoms with E-state index < -0.39 is 0 Å². The van der Waals surface area contributed by atoms with E-state index in [9.17, 15) is 0 Å². The summed E-state index contributed by atoms with van der Waals surface area (Å²) in [4.78, 5) is 0. The number of hydrogen-bond donors (Lipinski definition) is 0. The van der Waals surface area contributed by atoms with Crippen LogP contribution in [0.15, 0.2) is 37.4 Å². The van der Waals surface area contributed by atoms with Crippen LogP contribution in [0.4, 0.5) is 0 Å². The van der Waals surface area contributed by atoms with Crippen LogP contribution in [0.1, 0.15) is 43.7 Å². The molecule has 0 N–H and O–H groups in total. The van der Waals surface area contributed by atoms with Crippen molar-refractivity contribution in [2.24, 2.45) is 0 Å². The lowest BCUT2D eigenvalue weighted by Crippen LogP contribution is -1.84. The summed E-state index contributed by atoms with van der Waals surface area (Å²) >= 11 is 0. The third-order valence-corrected chi connectivity index (χ3v) is 2.64. The maximum atomic E-state index is 4.13. The van der Waals surface area contributed by atoms with Crippen LogP contribution in [-0.4, -0.2) is 0 Å². The second-order valence-electron chi connectivity index (χ2n) is 3.89. The van der Waals surface area contributed by atoms with E-state index in [0.29, 0.717) is 0 Å². The molecule has 0 bridgehead atoms. The first kappa shape index (κ1) is 11.8. The smallest absolute Gasteiger partial charge is 0.0230 e. The molecule has 1 aromatic rings. The van der Waals surface area contributed by atoms with Gasteiger partial charge in [-0.25, -0.2) is 0 Å². The third-order valence-electron chi connectivity index (χ3n) is 2.64. The van der Waals surface area contributed by atoms with Gasteiger partial charge in [-0.15, -0.1) is 0 Å². The molecule has 15 heavy (non-hydrogen) atoms. The number of hydrogen-bond acceptors (Lipinski definition) is 0. The van der Waals surface area contributed by atoms with Crippen LogP contribution in [0.2, 0.25) is 0 Å². The fraction of sp³-hybridized carbons (Fsp3) is 0.333. The van der Waals surface area contributed by atoms with Crippen LogP contribution in [0.5, 0.6) is 0 Å². The van der Waals surface area contributed by atoms with Gasteiger partial charge < -0.3 is 0 Å². The van der Waals surface area contributed by atoms with Crippen molar-refractivity contribution in [3.05, 3.63) is 48.6 Å². The van der Waals surface area contributed by atoms with Gasteiger partial charge >= 0.3 is 0 Å². The van der Waals surface area contributed by atoms with E-state index in [1.165, 1.54) is 36.0 Å². The first-order valence-corrected chi connectivity index (χ1v) is 5.68. The van der Waals surface area contributed by atoms with Crippen LogP contribution in [0, 0.1) is 0 Å². The van der Waals surface area contributed by atoms with Gasteiger partial charge in [0.15, 0.2) is 0 Å². The lowest BCUT2D eigenvalue weighted by atomic mass is 10.0. The Morgan fingerprint density at radius 3 is 2.40 bits per heavy atom. The molecule has 0 heterocycles. The summed E-state index contributed by atoms with van der Waals surface area (Å²) < 4.78 is 0. The zero-order valence-electron chi connectivity index (χ0n) is 9.63. The molecule has 0 spiro atoms. The Balaban J connectivity index is 2.54. The molecule has 0 saturated carbocycles. The van der Waals surface area contributed by atoms with Gasteiger partial charge in [0.25, 0.3) is 0 Å². The Morgan fingerprint density at radius 1 is 1.20 bits per heavy atom. The first-order chi connectivity index (χ1) is 7.27. The zero-order chi connectivity index (χ0) is 11.1. The van der Waals surface area contributed by atoms with Crippen molar-refractivity contribution in [2.75, 3.05) is 0 Å². The van der Waals surface area contributed by atoms with Gasteiger partial charge in [-0.2, -0.15) is 0 Å². The Kier molecular flexibility index (Phi) is 4.89. The second-order valence-corrected chi connectivity index (χ2v) is 3.89. The standard InChI is InChI=1S/C15H20/c1-4-6-7-8-13(3)15-11-9-14(5-2)10-12-15/h5,9-12H,2-4,6-8H2,1H3. The molecule has 0 unspecified atom stereocenters. The maximum Gasteiger partial charge on any atom is -0.0230 e. The van der Waals surface area contributed by atoms with Crippen molar-refractivity contribution in [1.82, 2.24) is 0 Å². The molecule has 0 nitrogen and oxygen atoms in total. The van der Waals surface area contributed by atoms with Gasteiger partial charge in [0.1, 0.15) is 0 Å². The molecule has 0 aliphatic carbocycles.